The molecule has 1 unspecified atom stereocenters. The van der Waals surface area contributed by atoms with Crippen molar-refractivity contribution in [1.29, 1.82) is 0 Å². The number of aliphatic imine (C=N–C) groups is 1. The Balaban J connectivity index is 0.00000512. The highest BCUT2D eigenvalue weighted by Gasteiger charge is 2.13. The van der Waals surface area contributed by atoms with Gasteiger partial charge >= 0.3 is 0 Å². The molecular weight excluding hydrogens is 541 g/mol. The zero-order chi connectivity index (χ0) is 22.7. The summed E-state index contributed by atoms with van der Waals surface area (Å²) in [5.41, 5.74) is 0.728. The number of nitrogens with one attached hydrogen (secondary N) is 2. The van der Waals surface area contributed by atoms with Gasteiger partial charge in [0.2, 0.25) is 0 Å². The molecule has 7 nitrogen and oxygen atoms in total. The van der Waals surface area contributed by atoms with Gasteiger partial charge in [-0.2, -0.15) is 0 Å². The molecule has 2 rings (SSSR count). The summed E-state index contributed by atoms with van der Waals surface area (Å²) < 4.78 is 30.4. The Hall–Kier alpha value is -1.85. The Labute approximate surface area is 208 Å². The fraction of sp³-hybridized carbons (Fsp3) is 0.435. The summed E-state index contributed by atoms with van der Waals surface area (Å²) in [4.78, 5) is 4.76. The van der Waals surface area contributed by atoms with Crippen LogP contribution >= 0.6 is 24.0 Å². The zero-order valence-corrected chi connectivity index (χ0v) is 22.0. The first-order valence-corrected chi connectivity index (χ1v) is 12.2. The van der Waals surface area contributed by atoms with Crippen LogP contribution in [0, 0.1) is 0 Å². The lowest BCUT2D eigenvalue weighted by molar-refractivity contribution is 0.185. The van der Waals surface area contributed by atoms with Gasteiger partial charge in [0.25, 0.3) is 0 Å². The van der Waals surface area contributed by atoms with E-state index in [1.165, 1.54) is 0 Å². The highest BCUT2D eigenvalue weighted by Crippen LogP contribution is 2.20. The molecule has 178 valence electrons. The van der Waals surface area contributed by atoms with Crippen molar-refractivity contribution >= 4 is 39.8 Å². The third-order valence-electron chi connectivity index (χ3n) is 4.37. The number of aliphatic hydroxyl groups excluding tert-OH is 1. The smallest absolute Gasteiger partial charge is 0.191 e. The zero-order valence-electron chi connectivity index (χ0n) is 18.8. The van der Waals surface area contributed by atoms with Crippen LogP contribution in [0.4, 0.5) is 0 Å². The predicted octanol–water partition coefficient (Wildman–Crippen LogP) is 3.54. The first-order valence-electron chi connectivity index (χ1n) is 10.6. The van der Waals surface area contributed by atoms with Crippen molar-refractivity contribution < 1.29 is 18.3 Å². The number of benzene rings is 2. The largest absolute Gasteiger partial charge is 0.491 e. The lowest BCUT2D eigenvalue weighted by Crippen LogP contribution is -2.38. The van der Waals surface area contributed by atoms with E-state index in [1.807, 2.05) is 45.0 Å². The van der Waals surface area contributed by atoms with Crippen molar-refractivity contribution in [2.75, 3.05) is 25.4 Å². The molecule has 32 heavy (non-hydrogen) atoms. The number of rotatable bonds is 11. The van der Waals surface area contributed by atoms with Crippen molar-refractivity contribution in [3.8, 4) is 5.75 Å². The molecule has 3 N–H and O–H groups in total. The number of halogens is 1. The van der Waals surface area contributed by atoms with Crippen LogP contribution in [0.3, 0.4) is 0 Å². The molecule has 0 aliphatic rings. The summed E-state index contributed by atoms with van der Waals surface area (Å²) in [6.45, 7) is 7.12. The summed E-state index contributed by atoms with van der Waals surface area (Å²) in [6, 6.07) is 15.8. The van der Waals surface area contributed by atoms with E-state index in [-0.39, 0.29) is 42.4 Å². The van der Waals surface area contributed by atoms with Crippen LogP contribution in [0.5, 0.6) is 5.75 Å². The molecule has 0 fully saturated rings. The monoisotopic (exact) mass is 575 g/mol. The Morgan fingerprint density at radius 3 is 2.47 bits per heavy atom. The standard InChI is InChI=1S/C23H33N3O4S.HI/c1-4-24-23(25-14-9-15-31(28,29)21-12-6-5-7-13-21)26-17-22(27)19-10-8-11-20(16-19)30-18(2)3;/h5-8,10-13,16,18,22,27H,4,9,14-15,17H2,1-3H3,(H2,24,25,26);1H. The van der Waals surface area contributed by atoms with Crippen LogP contribution in [0.2, 0.25) is 0 Å². The number of ether oxygens (including phenoxy) is 1. The Bertz CT molecular complexity index is 937. The quantitative estimate of drug-likeness (QED) is 0.164. The summed E-state index contributed by atoms with van der Waals surface area (Å²) in [5, 5.41) is 16.7. The van der Waals surface area contributed by atoms with E-state index < -0.39 is 15.9 Å². The maximum atomic E-state index is 12.4. The Kier molecular flexibility index (Phi) is 12.6. The number of hydrogen-bond donors (Lipinski definition) is 3. The van der Waals surface area contributed by atoms with Crippen LogP contribution in [0.25, 0.3) is 0 Å². The topological polar surface area (TPSA) is 100 Å². The predicted molar refractivity (Wildman–Crippen MR) is 140 cm³/mol. The van der Waals surface area contributed by atoms with Crippen LogP contribution in [-0.4, -0.2) is 51.0 Å². The molecular formula is C23H34IN3O4S. The lowest BCUT2D eigenvalue weighted by Gasteiger charge is -2.15. The second-order valence-corrected chi connectivity index (χ2v) is 9.50. The minimum Gasteiger partial charge on any atom is -0.491 e. The fourth-order valence-corrected chi connectivity index (χ4v) is 4.24. The minimum atomic E-state index is -3.30. The second-order valence-electron chi connectivity index (χ2n) is 7.39. The number of aliphatic hydroxyl groups is 1. The summed E-state index contributed by atoms with van der Waals surface area (Å²) in [5.74, 6) is 1.29. The summed E-state index contributed by atoms with van der Waals surface area (Å²) >= 11 is 0. The van der Waals surface area contributed by atoms with Crippen molar-refractivity contribution in [2.24, 2.45) is 4.99 Å². The highest BCUT2D eigenvalue weighted by atomic mass is 127. The van der Waals surface area contributed by atoms with E-state index in [9.17, 15) is 13.5 Å². The van der Waals surface area contributed by atoms with Crippen LogP contribution in [0.1, 0.15) is 38.9 Å². The molecule has 0 spiro atoms. The minimum absolute atomic E-state index is 0. The molecule has 0 aromatic heterocycles. The van der Waals surface area contributed by atoms with Gasteiger partial charge in [0.05, 0.1) is 29.4 Å². The lowest BCUT2D eigenvalue weighted by atomic mass is 10.1. The van der Waals surface area contributed by atoms with Crippen molar-refractivity contribution in [3.63, 3.8) is 0 Å². The van der Waals surface area contributed by atoms with Gasteiger partial charge in [0.15, 0.2) is 15.8 Å². The van der Waals surface area contributed by atoms with Crippen molar-refractivity contribution in [3.05, 3.63) is 60.2 Å². The Morgan fingerprint density at radius 2 is 1.81 bits per heavy atom. The summed E-state index contributed by atoms with van der Waals surface area (Å²) in [6.07, 6.45) is -0.274. The van der Waals surface area contributed by atoms with E-state index in [1.54, 1.807) is 30.3 Å². The first-order chi connectivity index (χ1) is 14.8. The maximum Gasteiger partial charge on any atom is 0.191 e. The number of hydrogen-bond acceptors (Lipinski definition) is 5. The highest BCUT2D eigenvalue weighted by molar-refractivity contribution is 14.0. The molecule has 1 atom stereocenters. The fourth-order valence-electron chi connectivity index (χ4n) is 2.91. The van der Waals surface area contributed by atoms with Crippen LogP contribution in [-0.2, 0) is 9.84 Å². The first kappa shape index (κ1) is 28.2. The van der Waals surface area contributed by atoms with Gasteiger partial charge in [-0.25, -0.2) is 8.42 Å². The molecule has 2 aromatic carbocycles. The number of sulfone groups is 1. The van der Waals surface area contributed by atoms with E-state index in [0.717, 1.165) is 5.56 Å². The van der Waals surface area contributed by atoms with E-state index >= 15 is 0 Å². The van der Waals surface area contributed by atoms with Gasteiger partial charge in [-0.1, -0.05) is 30.3 Å². The van der Waals surface area contributed by atoms with Gasteiger partial charge in [-0.05, 0) is 57.0 Å². The number of guanidine groups is 1. The van der Waals surface area contributed by atoms with Crippen molar-refractivity contribution in [1.82, 2.24) is 10.6 Å². The molecule has 0 saturated carbocycles. The van der Waals surface area contributed by atoms with E-state index in [0.29, 0.717) is 36.1 Å². The molecule has 0 aliphatic carbocycles. The average molecular weight is 576 g/mol. The second kappa shape index (κ2) is 14.3. The van der Waals surface area contributed by atoms with E-state index in [2.05, 4.69) is 15.6 Å². The van der Waals surface area contributed by atoms with Crippen LogP contribution in [0.15, 0.2) is 64.5 Å². The molecule has 0 saturated heterocycles. The molecule has 0 amide bonds. The molecule has 0 aliphatic heterocycles. The molecule has 0 bridgehead atoms. The van der Waals surface area contributed by atoms with Gasteiger partial charge in [-0.15, -0.1) is 24.0 Å². The molecule has 2 aromatic rings. The third kappa shape index (κ3) is 9.74. The third-order valence-corrected chi connectivity index (χ3v) is 6.18. The normalized spacial score (nSPS) is 12.7. The van der Waals surface area contributed by atoms with Gasteiger partial charge in [0, 0.05) is 13.1 Å². The van der Waals surface area contributed by atoms with Crippen molar-refractivity contribution in [2.45, 2.75) is 44.3 Å². The van der Waals surface area contributed by atoms with Gasteiger partial charge in [-0.3, -0.25) is 4.99 Å². The molecule has 9 heteroatoms. The van der Waals surface area contributed by atoms with Crippen LogP contribution < -0.4 is 15.4 Å². The van der Waals surface area contributed by atoms with Gasteiger partial charge < -0.3 is 20.5 Å². The SMILES string of the molecule is CCNC(=NCC(O)c1cccc(OC(C)C)c1)NCCCS(=O)(=O)c1ccccc1.I. The number of nitrogens with zero attached hydrogens (tertiary/aromatic N) is 1. The average Bonchev–Trinajstić information content (AvgIpc) is 2.75. The summed E-state index contributed by atoms with van der Waals surface area (Å²) in [7, 11) is -3.30. The Morgan fingerprint density at radius 1 is 1.09 bits per heavy atom. The molecule has 0 heterocycles. The van der Waals surface area contributed by atoms with E-state index in [4.69, 9.17) is 4.74 Å². The van der Waals surface area contributed by atoms with Gasteiger partial charge in [0.1, 0.15) is 5.75 Å². The maximum absolute atomic E-state index is 12.4. The molecule has 0 radical (unpaired) electrons.